The van der Waals surface area contributed by atoms with Gasteiger partial charge in [0.15, 0.2) is 0 Å². The highest BCUT2D eigenvalue weighted by Gasteiger charge is 2.53. The summed E-state index contributed by atoms with van der Waals surface area (Å²) in [5, 5.41) is 20.9. The van der Waals surface area contributed by atoms with Crippen molar-refractivity contribution < 1.29 is 10.2 Å². The quantitative estimate of drug-likeness (QED) is 0.690. The molecule has 1 fully saturated rings. The van der Waals surface area contributed by atoms with Gasteiger partial charge >= 0.3 is 0 Å². The smallest absolute Gasteiger partial charge is 0.0658 e. The molecule has 2 nitrogen and oxygen atoms in total. The van der Waals surface area contributed by atoms with E-state index in [1.807, 2.05) is 6.92 Å². The van der Waals surface area contributed by atoms with E-state index in [2.05, 4.69) is 26.8 Å². The first kappa shape index (κ1) is 13.1. The van der Waals surface area contributed by atoms with E-state index >= 15 is 0 Å². The molecule has 0 aromatic rings. The molecule has 0 spiro atoms. The lowest BCUT2D eigenvalue weighted by Gasteiger charge is -2.54. The third-order valence-corrected chi connectivity index (χ3v) is 5.22. The summed E-state index contributed by atoms with van der Waals surface area (Å²) >= 11 is 0. The second-order valence-electron chi connectivity index (χ2n) is 6.81. The van der Waals surface area contributed by atoms with E-state index in [4.69, 9.17) is 0 Å². The fraction of sp³-hybridized carbons (Fsp3) is 0.867. The van der Waals surface area contributed by atoms with Crippen LogP contribution in [0.3, 0.4) is 0 Å². The Morgan fingerprint density at radius 2 is 2.00 bits per heavy atom. The Labute approximate surface area is 105 Å². The predicted molar refractivity (Wildman–Crippen MR) is 69.6 cm³/mol. The van der Waals surface area contributed by atoms with Crippen LogP contribution >= 0.6 is 0 Å². The van der Waals surface area contributed by atoms with Crippen LogP contribution in [0.5, 0.6) is 0 Å². The minimum Gasteiger partial charge on any atom is -0.393 e. The van der Waals surface area contributed by atoms with Crippen LogP contribution in [-0.2, 0) is 0 Å². The Kier molecular flexibility index (Phi) is 3.16. The van der Waals surface area contributed by atoms with E-state index in [1.165, 1.54) is 5.57 Å². The molecule has 98 valence electrons. The van der Waals surface area contributed by atoms with Crippen molar-refractivity contribution in [2.75, 3.05) is 0 Å². The number of aliphatic hydroxyl groups excluding tert-OH is 1. The number of rotatable bonds is 1. The van der Waals surface area contributed by atoms with Crippen LogP contribution in [-0.4, -0.2) is 21.9 Å². The molecule has 0 aromatic carbocycles. The van der Waals surface area contributed by atoms with Gasteiger partial charge in [-0.15, -0.1) is 0 Å². The lowest BCUT2D eigenvalue weighted by Crippen LogP contribution is -2.56. The van der Waals surface area contributed by atoms with Crippen molar-refractivity contribution in [3.8, 4) is 0 Å². The standard InChI is InChI=1S/C15H26O2/c1-10(2)11-5-7-14(3)12(9-11)15(4,17)8-6-13(14)16/h5,10,12-13,16-17H,6-9H2,1-4H3. The van der Waals surface area contributed by atoms with Crippen LogP contribution in [0, 0.1) is 17.3 Å². The molecule has 2 rings (SSSR count). The molecular formula is C15H26O2. The molecule has 4 atom stereocenters. The molecule has 4 unspecified atom stereocenters. The first-order chi connectivity index (χ1) is 7.77. The molecule has 0 heterocycles. The lowest BCUT2D eigenvalue weighted by atomic mass is 9.54. The Balaban J connectivity index is 2.33. The first-order valence-electron chi connectivity index (χ1n) is 6.87. The highest BCUT2D eigenvalue weighted by molar-refractivity contribution is 5.19. The zero-order valence-corrected chi connectivity index (χ0v) is 11.5. The van der Waals surface area contributed by atoms with Gasteiger partial charge in [-0.3, -0.25) is 0 Å². The molecule has 0 radical (unpaired) electrons. The van der Waals surface area contributed by atoms with Gasteiger partial charge in [0.25, 0.3) is 0 Å². The highest BCUT2D eigenvalue weighted by Crippen LogP contribution is 2.54. The second kappa shape index (κ2) is 4.10. The summed E-state index contributed by atoms with van der Waals surface area (Å²) in [6, 6.07) is 0. The monoisotopic (exact) mass is 238 g/mol. The molecule has 2 aliphatic carbocycles. The van der Waals surface area contributed by atoms with E-state index in [0.29, 0.717) is 5.92 Å². The second-order valence-corrected chi connectivity index (χ2v) is 6.81. The van der Waals surface area contributed by atoms with Crippen LogP contribution in [0.15, 0.2) is 11.6 Å². The summed E-state index contributed by atoms with van der Waals surface area (Å²) in [5.74, 6) is 0.746. The molecule has 0 saturated heterocycles. The molecule has 1 saturated carbocycles. The maximum atomic E-state index is 10.6. The molecule has 2 heteroatoms. The van der Waals surface area contributed by atoms with E-state index in [1.54, 1.807) is 0 Å². The molecule has 0 aliphatic heterocycles. The van der Waals surface area contributed by atoms with Crippen molar-refractivity contribution in [3.63, 3.8) is 0 Å². The topological polar surface area (TPSA) is 40.5 Å². The van der Waals surface area contributed by atoms with E-state index < -0.39 is 5.60 Å². The Bertz CT molecular complexity index is 330. The minimum absolute atomic E-state index is 0.139. The third-order valence-electron chi connectivity index (χ3n) is 5.22. The minimum atomic E-state index is -0.623. The average Bonchev–Trinajstić information content (AvgIpc) is 2.24. The molecule has 0 amide bonds. The van der Waals surface area contributed by atoms with Gasteiger partial charge in [0.2, 0.25) is 0 Å². The van der Waals surface area contributed by atoms with Crippen LogP contribution in [0.25, 0.3) is 0 Å². The van der Waals surface area contributed by atoms with E-state index in [-0.39, 0.29) is 17.4 Å². The Morgan fingerprint density at radius 1 is 1.35 bits per heavy atom. The zero-order chi connectivity index (χ0) is 12.8. The summed E-state index contributed by atoms with van der Waals surface area (Å²) in [6.45, 7) is 8.51. The maximum Gasteiger partial charge on any atom is 0.0658 e. The van der Waals surface area contributed by atoms with Gasteiger partial charge in [0.1, 0.15) is 0 Å². The summed E-state index contributed by atoms with van der Waals surface area (Å²) in [7, 11) is 0. The normalized spacial score (nSPS) is 46.6. The van der Waals surface area contributed by atoms with Crippen LogP contribution in [0.1, 0.15) is 53.4 Å². The summed E-state index contributed by atoms with van der Waals surface area (Å²) in [4.78, 5) is 0. The molecular weight excluding hydrogens is 212 g/mol. The fourth-order valence-electron chi connectivity index (χ4n) is 3.75. The number of aliphatic hydroxyl groups is 2. The van der Waals surface area contributed by atoms with E-state index in [0.717, 1.165) is 25.7 Å². The third kappa shape index (κ3) is 2.06. The van der Waals surface area contributed by atoms with Crippen LogP contribution in [0.4, 0.5) is 0 Å². The van der Waals surface area contributed by atoms with Gasteiger partial charge in [0, 0.05) is 5.41 Å². The van der Waals surface area contributed by atoms with E-state index in [9.17, 15) is 10.2 Å². The van der Waals surface area contributed by atoms with Gasteiger partial charge in [-0.2, -0.15) is 0 Å². The predicted octanol–water partition coefficient (Wildman–Crippen LogP) is 2.89. The molecule has 17 heavy (non-hydrogen) atoms. The van der Waals surface area contributed by atoms with Crippen LogP contribution < -0.4 is 0 Å². The summed E-state index contributed by atoms with van der Waals surface area (Å²) < 4.78 is 0. The molecule has 0 bridgehead atoms. The van der Waals surface area contributed by atoms with Gasteiger partial charge < -0.3 is 10.2 Å². The van der Waals surface area contributed by atoms with Gasteiger partial charge in [-0.1, -0.05) is 32.4 Å². The van der Waals surface area contributed by atoms with Crippen molar-refractivity contribution in [2.45, 2.75) is 65.1 Å². The maximum absolute atomic E-state index is 10.6. The van der Waals surface area contributed by atoms with Crippen molar-refractivity contribution in [3.05, 3.63) is 11.6 Å². The van der Waals surface area contributed by atoms with Crippen molar-refractivity contribution in [1.29, 1.82) is 0 Å². The largest absolute Gasteiger partial charge is 0.393 e. The molecule has 2 N–H and O–H groups in total. The average molecular weight is 238 g/mol. The Morgan fingerprint density at radius 3 is 2.59 bits per heavy atom. The SMILES string of the molecule is CC(C)C1=CCC2(C)C(O)CCC(C)(O)C2C1. The van der Waals surface area contributed by atoms with Gasteiger partial charge in [-0.25, -0.2) is 0 Å². The number of hydrogen-bond donors (Lipinski definition) is 2. The Hall–Kier alpha value is -0.340. The summed E-state index contributed by atoms with van der Waals surface area (Å²) in [6.07, 6.45) is 5.33. The molecule has 2 aliphatic rings. The number of hydrogen-bond acceptors (Lipinski definition) is 2. The highest BCUT2D eigenvalue weighted by atomic mass is 16.3. The van der Waals surface area contributed by atoms with Crippen molar-refractivity contribution in [2.24, 2.45) is 17.3 Å². The van der Waals surface area contributed by atoms with Crippen molar-refractivity contribution >= 4 is 0 Å². The zero-order valence-electron chi connectivity index (χ0n) is 11.5. The first-order valence-corrected chi connectivity index (χ1v) is 6.87. The van der Waals surface area contributed by atoms with Gasteiger partial charge in [-0.05, 0) is 44.4 Å². The fourth-order valence-corrected chi connectivity index (χ4v) is 3.75. The van der Waals surface area contributed by atoms with Gasteiger partial charge in [0.05, 0.1) is 11.7 Å². The van der Waals surface area contributed by atoms with Crippen LogP contribution in [0.2, 0.25) is 0 Å². The number of allylic oxidation sites excluding steroid dienone is 2. The number of fused-ring (bicyclic) bond motifs is 1. The van der Waals surface area contributed by atoms with Crippen molar-refractivity contribution in [1.82, 2.24) is 0 Å². The summed E-state index contributed by atoms with van der Waals surface area (Å²) in [5.41, 5.74) is 0.685. The molecule has 0 aromatic heterocycles. The lowest BCUT2D eigenvalue weighted by molar-refractivity contribution is -0.152.